The van der Waals surface area contributed by atoms with Crippen LogP contribution >= 0.6 is 0 Å². The number of fused-ring (bicyclic) bond motifs is 2. The highest BCUT2D eigenvalue weighted by atomic mass is 19.1. The van der Waals surface area contributed by atoms with Crippen LogP contribution < -0.4 is 5.56 Å². The fourth-order valence-corrected chi connectivity index (χ4v) is 3.38. The number of nitriles is 1. The van der Waals surface area contributed by atoms with Gasteiger partial charge in [-0.15, -0.1) is 0 Å². The highest BCUT2D eigenvalue weighted by Crippen LogP contribution is 2.33. The van der Waals surface area contributed by atoms with Crippen molar-refractivity contribution in [1.29, 1.82) is 5.26 Å². The van der Waals surface area contributed by atoms with E-state index in [-0.39, 0.29) is 28.0 Å². The molecule has 0 amide bonds. The Hall–Kier alpha value is -4.44. The number of pyridine rings is 2. The first-order valence-corrected chi connectivity index (χ1v) is 9.09. The smallest absolute Gasteiger partial charge is 0.249 e. The molecular formula is C23H12FN5O. The molecule has 7 heteroatoms. The van der Waals surface area contributed by atoms with Gasteiger partial charge in [-0.1, -0.05) is 18.2 Å². The van der Waals surface area contributed by atoms with Gasteiger partial charge < -0.3 is 4.98 Å². The molecule has 142 valence electrons. The van der Waals surface area contributed by atoms with Crippen LogP contribution in [-0.2, 0) is 0 Å². The van der Waals surface area contributed by atoms with Gasteiger partial charge in [0, 0.05) is 28.8 Å². The molecule has 5 rings (SSSR count). The third-order valence-corrected chi connectivity index (χ3v) is 4.81. The first kappa shape index (κ1) is 17.6. The molecule has 1 N–H and O–H groups in total. The van der Waals surface area contributed by atoms with E-state index in [1.165, 1.54) is 12.1 Å². The van der Waals surface area contributed by atoms with E-state index in [9.17, 15) is 10.1 Å². The van der Waals surface area contributed by atoms with Crippen molar-refractivity contribution in [3.8, 4) is 28.6 Å². The molecular weight excluding hydrogens is 381 g/mol. The van der Waals surface area contributed by atoms with Gasteiger partial charge >= 0.3 is 0 Å². The zero-order valence-electron chi connectivity index (χ0n) is 15.4. The number of nitrogens with one attached hydrogen (secondary N) is 1. The number of benzene rings is 2. The molecule has 3 heterocycles. The Labute approximate surface area is 169 Å². The van der Waals surface area contributed by atoms with Gasteiger partial charge in [-0.3, -0.25) is 9.78 Å². The second kappa shape index (κ2) is 6.87. The summed E-state index contributed by atoms with van der Waals surface area (Å²) in [5, 5.41) is 10.1. The summed E-state index contributed by atoms with van der Waals surface area (Å²) >= 11 is 0. The van der Waals surface area contributed by atoms with Crippen LogP contribution in [0.4, 0.5) is 4.39 Å². The van der Waals surface area contributed by atoms with Crippen molar-refractivity contribution >= 4 is 22.1 Å². The van der Waals surface area contributed by atoms with E-state index in [0.717, 1.165) is 10.9 Å². The minimum absolute atomic E-state index is 0.0930. The SMILES string of the molecule is N#Cc1cccc(-c2nc3[nH]c(=O)ccc3nc2-c2ccc3ncccc3c2)c1F. The summed E-state index contributed by atoms with van der Waals surface area (Å²) in [6.45, 7) is 0. The molecule has 0 aliphatic heterocycles. The van der Waals surface area contributed by atoms with Gasteiger partial charge in [-0.05, 0) is 36.4 Å². The molecule has 0 unspecified atom stereocenters. The molecule has 0 aliphatic rings. The third kappa shape index (κ3) is 2.88. The van der Waals surface area contributed by atoms with Crippen molar-refractivity contribution in [2.75, 3.05) is 0 Å². The maximum Gasteiger partial charge on any atom is 0.249 e. The van der Waals surface area contributed by atoms with Crippen LogP contribution in [0.2, 0.25) is 0 Å². The van der Waals surface area contributed by atoms with E-state index in [0.29, 0.717) is 16.8 Å². The van der Waals surface area contributed by atoms with Crippen LogP contribution in [0.5, 0.6) is 0 Å². The van der Waals surface area contributed by atoms with Crippen molar-refractivity contribution in [3.05, 3.63) is 88.6 Å². The Morgan fingerprint density at radius 2 is 1.80 bits per heavy atom. The Balaban J connectivity index is 1.86. The molecule has 0 fully saturated rings. The van der Waals surface area contributed by atoms with Crippen LogP contribution in [0.3, 0.4) is 0 Å². The van der Waals surface area contributed by atoms with E-state index in [1.54, 1.807) is 24.4 Å². The summed E-state index contributed by atoms with van der Waals surface area (Å²) in [6.07, 6.45) is 1.71. The number of nitrogens with zero attached hydrogens (tertiary/aromatic N) is 4. The largest absolute Gasteiger partial charge is 0.305 e. The number of aromatic nitrogens is 4. The van der Waals surface area contributed by atoms with Gasteiger partial charge in [0.05, 0.1) is 16.8 Å². The molecule has 0 saturated heterocycles. The van der Waals surface area contributed by atoms with E-state index < -0.39 is 5.82 Å². The van der Waals surface area contributed by atoms with Crippen molar-refractivity contribution in [1.82, 2.24) is 19.9 Å². The molecule has 3 aromatic heterocycles. The molecule has 0 bridgehead atoms. The Morgan fingerprint density at radius 3 is 2.67 bits per heavy atom. The summed E-state index contributed by atoms with van der Waals surface area (Å²) in [5.74, 6) is -0.685. The zero-order chi connectivity index (χ0) is 20.7. The van der Waals surface area contributed by atoms with Crippen LogP contribution in [0, 0.1) is 17.1 Å². The topological polar surface area (TPSA) is 95.3 Å². The summed E-state index contributed by atoms with van der Waals surface area (Å²) in [6, 6.07) is 18.7. The van der Waals surface area contributed by atoms with Crippen LogP contribution in [-0.4, -0.2) is 19.9 Å². The third-order valence-electron chi connectivity index (χ3n) is 4.81. The van der Waals surface area contributed by atoms with E-state index >= 15 is 4.39 Å². The first-order valence-electron chi connectivity index (χ1n) is 9.09. The number of hydrogen-bond donors (Lipinski definition) is 1. The summed E-state index contributed by atoms with van der Waals surface area (Å²) < 4.78 is 15.0. The number of aromatic amines is 1. The van der Waals surface area contributed by atoms with E-state index in [1.807, 2.05) is 36.4 Å². The van der Waals surface area contributed by atoms with Gasteiger partial charge in [0.2, 0.25) is 5.56 Å². The molecule has 6 nitrogen and oxygen atoms in total. The first-order chi connectivity index (χ1) is 14.6. The second-order valence-electron chi connectivity index (χ2n) is 6.67. The Morgan fingerprint density at radius 1 is 0.933 bits per heavy atom. The predicted molar refractivity (Wildman–Crippen MR) is 111 cm³/mol. The van der Waals surface area contributed by atoms with Crippen molar-refractivity contribution < 1.29 is 4.39 Å². The normalized spacial score (nSPS) is 10.9. The number of halogens is 1. The number of H-pyrrole nitrogens is 1. The maximum atomic E-state index is 15.0. The zero-order valence-corrected chi connectivity index (χ0v) is 15.4. The summed E-state index contributed by atoms with van der Waals surface area (Å²) in [7, 11) is 0. The number of rotatable bonds is 2. The van der Waals surface area contributed by atoms with Crippen LogP contribution in [0.25, 0.3) is 44.6 Å². The minimum atomic E-state index is -0.685. The quantitative estimate of drug-likeness (QED) is 0.485. The average molecular weight is 393 g/mol. The molecule has 0 aliphatic carbocycles. The summed E-state index contributed by atoms with van der Waals surface area (Å²) in [4.78, 5) is 27.9. The molecule has 0 radical (unpaired) electrons. The Kier molecular flexibility index (Phi) is 4.04. The van der Waals surface area contributed by atoms with E-state index in [4.69, 9.17) is 0 Å². The highest BCUT2D eigenvalue weighted by molar-refractivity contribution is 5.89. The maximum absolute atomic E-state index is 15.0. The van der Waals surface area contributed by atoms with Crippen molar-refractivity contribution in [2.24, 2.45) is 0 Å². The van der Waals surface area contributed by atoms with Crippen molar-refractivity contribution in [2.45, 2.75) is 0 Å². The highest BCUT2D eigenvalue weighted by Gasteiger charge is 2.19. The molecule has 2 aromatic carbocycles. The molecule has 0 spiro atoms. The lowest BCUT2D eigenvalue weighted by Crippen LogP contribution is -2.06. The second-order valence-corrected chi connectivity index (χ2v) is 6.67. The lowest BCUT2D eigenvalue weighted by Gasteiger charge is -2.12. The Bertz CT molecular complexity index is 1550. The lowest BCUT2D eigenvalue weighted by atomic mass is 10.0. The number of hydrogen-bond acceptors (Lipinski definition) is 5. The van der Waals surface area contributed by atoms with E-state index in [2.05, 4.69) is 19.9 Å². The fraction of sp³-hybridized carbons (Fsp3) is 0. The van der Waals surface area contributed by atoms with Crippen LogP contribution in [0.15, 0.2) is 71.7 Å². The molecule has 0 saturated carbocycles. The predicted octanol–water partition coefficient (Wildman–Crippen LogP) is 4.21. The standard InChI is InChI=1S/C23H12FN5O/c24-20-15(12-25)3-1-5-16(20)22-21(27-18-8-9-19(30)28-23(18)29-22)14-6-7-17-13(11-14)4-2-10-26-17/h1-11H,(H,28,29,30). The van der Waals surface area contributed by atoms with Gasteiger partial charge in [-0.2, -0.15) is 5.26 Å². The monoisotopic (exact) mass is 393 g/mol. The average Bonchev–Trinajstić information content (AvgIpc) is 2.78. The summed E-state index contributed by atoms with van der Waals surface area (Å²) in [5.41, 5.74) is 2.63. The minimum Gasteiger partial charge on any atom is -0.305 e. The van der Waals surface area contributed by atoms with Gasteiger partial charge in [0.15, 0.2) is 5.65 Å². The van der Waals surface area contributed by atoms with Crippen LogP contribution in [0.1, 0.15) is 5.56 Å². The van der Waals surface area contributed by atoms with Gasteiger partial charge in [0.25, 0.3) is 0 Å². The molecule has 30 heavy (non-hydrogen) atoms. The fourth-order valence-electron chi connectivity index (χ4n) is 3.38. The van der Waals surface area contributed by atoms with Gasteiger partial charge in [-0.25, -0.2) is 14.4 Å². The lowest BCUT2D eigenvalue weighted by molar-refractivity contribution is 0.627. The molecule has 5 aromatic rings. The molecule has 0 atom stereocenters. The van der Waals surface area contributed by atoms with Gasteiger partial charge in [0.1, 0.15) is 23.1 Å². The van der Waals surface area contributed by atoms with Crippen molar-refractivity contribution in [3.63, 3.8) is 0 Å².